The molecule has 0 saturated heterocycles. The van der Waals surface area contributed by atoms with Gasteiger partial charge in [-0.15, -0.1) is 0 Å². The predicted molar refractivity (Wildman–Crippen MR) is 56.5 cm³/mol. The Bertz CT molecular complexity index is 278. The van der Waals surface area contributed by atoms with Crippen molar-refractivity contribution < 1.29 is 5.11 Å². The maximum atomic E-state index is 9.69. The van der Waals surface area contributed by atoms with Crippen LogP contribution in [0.15, 0.2) is 30.3 Å². The molecule has 0 saturated carbocycles. The third kappa shape index (κ3) is 2.42. The fourth-order valence-corrected chi connectivity index (χ4v) is 1.28. The molecule has 1 atom stereocenters. The lowest BCUT2D eigenvalue weighted by atomic mass is 10.1. The van der Waals surface area contributed by atoms with Crippen molar-refractivity contribution in [1.29, 1.82) is 0 Å². The van der Waals surface area contributed by atoms with Gasteiger partial charge in [-0.2, -0.15) is 0 Å². The van der Waals surface area contributed by atoms with Crippen LogP contribution in [-0.4, -0.2) is 8.90 Å². The Hall–Kier alpha value is 0.340. The van der Waals surface area contributed by atoms with Crippen molar-refractivity contribution in [1.82, 2.24) is 0 Å². The Morgan fingerprint density at radius 2 is 1.38 bits per heavy atom. The highest BCUT2D eigenvalue weighted by atomic mass is 35.6. The highest BCUT2D eigenvalue weighted by molar-refractivity contribution is 6.70. The van der Waals surface area contributed by atoms with Gasteiger partial charge in [0.05, 0.1) is 0 Å². The van der Waals surface area contributed by atoms with E-state index >= 15 is 0 Å². The van der Waals surface area contributed by atoms with E-state index in [0.717, 1.165) is 0 Å². The molecule has 72 valence electrons. The Labute approximate surface area is 96.2 Å². The van der Waals surface area contributed by atoms with E-state index in [-0.39, 0.29) is 0 Å². The second-order valence-corrected chi connectivity index (χ2v) is 5.31. The van der Waals surface area contributed by atoms with Gasteiger partial charge in [0.25, 0.3) is 0 Å². The zero-order valence-corrected chi connectivity index (χ0v) is 9.37. The number of hydrogen-bond donors (Lipinski definition) is 1. The largest absolute Gasteiger partial charge is 0.368 e. The molecule has 0 amide bonds. The summed E-state index contributed by atoms with van der Waals surface area (Å²) in [5.74, 6) is 0. The van der Waals surface area contributed by atoms with Crippen molar-refractivity contribution in [2.45, 2.75) is 8.85 Å². The highest BCUT2D eigenvalue weighted by Crippen LogP contribution is 2.47. The smallest absolute Gasteiger partial charge is 0.237 e. The molecule has 1 aromatic rings. The van der Waals surface area contributed by atoms with Crippen LogP contribution in [0.4, 0.5) is 0 Å². The minimum Gasteiger partial charge on any atom is -0.368 e. The molecule has 0 radical (unpaired) electrons. The van der Waals surface area contributed by atoms with Crippen molar-refractivity contribution in [3.05, 3.63) is 35.9 Å². The summed E-state index contributed by atoms with van der Waals surface area (Å²) in [5.41, 5.74) is 0.344. The van der Waals surface area contributed by atoms with Crippen molar-refractivity contribution in [3.8, 4) is 0 Å². The second-order valence-electron chi connectivity index (χ2n) is 2.49. The minimum absolute atomic E-state index is 0.344. The minimum atomic E-state index is -2.00. The van der Waals surface area contributed by atoms with Gasteiger partial charge in [-0.3, -0.25) is 0 Å². The number of halogens is 4. The molecule has 0 aliphatic carbocycles. The number of rotatable bonds is 1. The van der Waals surface area contributed by atoms with Crippen LogP contribution >= 0.6 is 46.4 Å². The molecule has 1 nitrogen and oxygen atoms in total. The second kappa shape index (κ2) is 3.84. The maximum Gasteiger partial charge on any atom is 0.237 e. The molecular weight excluding hydrogens is 254 g/mol. The first-order valence-corrected chi connectivity index (χ1v) is 4.90. The zero-order valence-electron chi connectivity index (χ0n) is 6.35. The quantitative estimate of drug-likeness (QED) is 0.767. The molecule has 0 heterocycles. The summed E-state index contributed by atoms with van der Waals surface area (Å²) in [6.45, 7) is 0. The average Bonchev–Trinajstić information content (AvgIpc) is 2.04. The van der Waals surface area contributed by atoms with Gasteiger partial charge in [0, 0.05) is 5.56 Å². The van der Waals surface area contributed by atoms with Gasteiger partial charge in [-0.25, -0.2) is 0 Å². The first-order valence-electron chi connectivity index (χ1n) is 3.39. The van der Waals surface area contributed by atoms with Gasteiger partial charge in [-0.1, -0.05) is 76.7 Å². The molecule has 13 heavy (non-hydrogen) atoms. The van der Waals surface area contributed by atoms with Crippen LogP contribution in [-0.2, 0) is 5.06 Å². The summed E-state index contributed by atoms with van der Waals surface area (Å²) >= 11 is 22.2. The molecular formula is C8H6Cl4O. The van der Waals surface area contributed by atoms with Gasteiger partial charge in [0.1, 0.15) is 0 Å². The van der Waals surface area contributed by atoms with Crippen molar-refractivity contribution in [2.24, 2.45) is 0 Å². The summed E-state index contributed by atoms with van der Waals surface area (Å²) in [6, 6.07) is 8.32. The lowest BCUT2D eigenvalue weighted by Gasteiger charge is -2.28. The molecule has 0 fully saturated rings. The Balaban J connectivity index is 3.08. The standard InChI is InChI=1S/C8H6Cl4O/c9-7(13,8(10,11)12)6-4-2-1-3-5-6/h1-5,13H. The Morgan fingerprint density at radius 1 is 0.923 bits per heavy atom. The number of hydrogen-bond acceptors (Lipinski definition) is 1. The van der Waals surface area contributed by atoms with Crippen LogP contribution in [0.2, 0.25) is 0 Å². The summed E-state index contributed by atoms with van der Waals surface area (Å²) < 4.78 is -1.96. The van der Waals surface area contributed by atoms with Gasteiger partial charge in [-0.05, 0) is 0 Å². The third-order valence-corrected chi connectivity index (χ3v) is 3.14. The zero-order chi connectivity index (χ0) is 10.1. The summed E-state index contributed by atoms with van der Waals surface area (Å²) in [5, 5.41) is 7.69. The van der Waals surface area contributed by atoms with E-state index in [1.165, 1.54) is 0 Å². The normalized spacial score (nSPS) is 16.7. The van der Waals surface area contributed by atoms with Crippen LogP contribution in [0.5, 0.6) is 0 Å². The van der Waals surface area contributed by atoms with Crippen LogP contribution in [0.25, 0.3) is 0 Å². The molecule has 5 heteroatoms. The predicted octanol–water partition coefficient (Wildman–Crippen LogP) is 3.44. The van der Waals surface area contributed by atoms with Gasteiger partial charge in [0.15, 0.2) is 0 Å². The topological polar surface area (TPSA) is 20.2 Å². The fraction of sp³-hybridized carbons (Fsp3) is 0.250. The lowest BCUT2D eigenvalue weighted by Crippen LogP contribution is -2.33. The monoisotopic (exact) mass is 258 g/mol. The lowest BCUT2D eigenvalue weighted by molar-refractivity contribution is 0.133. The third-order valence-electron chi connectivity index (χ3n) is 1.53. The highest BCUT2D eigenvalue weighted by Gasteiger charge is 2.47. The molecule has 1 rings (SSSR count). The molecule has 0 aliphatic heterocycles. The van der Waals surface area contributed by atoms with Crippen LogP contribution in [0, 0.1) is 0 Å². The van der Waals surface area contributed by atoms with Crippen LogP contribution in [0.1, 0.15) is 5.56 Å². The van der Waals surface area contributed by atoms with Gasteiger partial charge >= 0.3 is 0 Å². The first-order chi connectivity index (χ1) is 5.86. The van der Waals surface area contributed by atoms with Gasteiger partial charge in [0.2, 0.25) is 8.85 Å². The maximum absolute atomic E-state index is 9.69. The Morgan fingerprint density at radius 3 is 1.77 bits per heavy atom. The van der Waals surface area contributed by atoms with E-state index in [2.05, 4.69) is 0 Å². The summed E-state index contributed by atoms with van der Waals surface area (Å²) in [7, 11) is 0. The molecule has 1 unspecified atom stereocenters. The van der Waals surface area contributed by atoms with Crippen LogP contribution in [0.3, 0.4) is 0 Å². The van der Waals surface area contributed by atoms with E-state index in [1.807, 2.05) is 0 Å². The number of alkyl halides is 4. The van der Waals surface area contributed by atoms with E-state index in [9.17, 15) is 5.11 Å². The van der Waals surface area contributed by atoms with Crippen molar-refractivity contribution in [3.63, 3.8) is 0 Å². The van der Waals surface area contributed by atoms with E-state index in [0.29, 0.717) is 5.56 Å². The molecule has 1 N–H and O–H groups in total. The summed E-state index contributed by atoms with van der Waals surface area (Å²) in [6.07, 6.45) is 0. The Kier molecular flexibility index (Phi) is 3.37. The molecule has 0 spiro atoms. The van der Waals surface area contributed by atoms with E-state index < -0.39 is 8.85 Å². The first kappa shape index (κ1) is 11.4. The molecule has 0 aromatic heterocycles. The molecule has 1 aromatic carbocycles. The van der Waals surface area contributed by atoms with E-state index in [1.54, 1.807) is 30.3 Å². The molecule has 0 aliphatic rings. The SMILES string of the molecule is OC(Cl)(c1ccccc1)C(Cl)(Cl)Cl. The van der Waals surface area contributed by atoms with E-state index in [4.69, 9.17) is 46.4 Å². The average molecular weight is 260 g/mol. The van der Waals surface area contributed by atoms with Gasteiger partial charge < -0.3 is 5.11 Å². The number of benzene rings is 1. The van der Waals surface area contributed by atoms with Crippen LogP contribution < -0.4 is 0 Å². The fourth-order valence-electron chi connectivity index (χ4n) is 0.823. The van der Waals surface area contributed by atoms with Crippen molar-refractivity contribution in [2.75, 3.05) is 0 Å². The van der Waals surface area contributed by atoms with Crippen molar-refractivity contribution >= 4 is 46.4 Å². The summed E-state index contributed by atoms with van der Waals surface area (Å²) in [4.78, 5) is 0. The molecule has 0 bridgehead atoms. The number of aliphatic hydroxyl groups is 1.